The normalized spacial score (nSPS) is 10.6. The first-order valence-corrected chi connectivity index (χ1v) is 7.65. The number of nitrogens with zero attached hydrogens (tertiary/aromatic N) is 1. The van der Waals surface area contributed by atoms with Crippen molar-refractivity contribution in [3.63, 3.8) is 0 Å². The third-order valence-corrected chi connectivity index (χ3v) is 4.23. The van der Waals surface area contributed by atoms with Crippen LogP contribution in [0.25, 0.3) is 10.2 Å². The Hall–Kier alpha value is -1.27. The van der Waals surface area contributed by atoms with E-state index in [9.17, 15) is 4.79 Å². The monoisotopic (exact) mass is 282 g/mol. The van der Waals surface area contributed by atoms with Crippen molar-refractivity contribution in [1.82, 2.24) is 4.98 Å². The van der Waals surface area contributed by atoms with E-state index < -0.39 is 6.09 Å². The van der Waals surface area contributed by atoms with E-state index in [2.05, 4.69) is 10.3 Å². The van der Waals surface area contributed by atoms with Gasteiger partial charge in [-0.05, 0) is 30.9 Å². The molecule has 96 valence electrons. The second-order valence-electron chi connectivity index (χ2n) is 3.63. The highest BCUT2D eigenvalue weighted by atomic mass is 32.2. The minimum Gasteiger partial charge on any atom is -0.449 e. The van der Waals surface area contributed by atoms with Crippen molar-refractivity contribution in [2.24, 2.45) is 0 Å². The van der Waals surface area contributed by atoms with Crippen molar-refractivity contribution in [3.05, 3.63) is 18.2 Å². The van der Waals surface area contributed by atoms with Crippen LogP contribution in [0.2, 0.25) is 0 Å². The van der Waals surface area contributed by atoms with Crippen LogP contribution in [0.1, 0.15) is 13.3 Å². The van der Waals surface area contributed by atoms with Gasteiger partial charge in [0.05, 0.1) is 16.8 Å². The highest BCUT2D eigenvalue weighted by Gasteiger charge is 2.06. The van der Waals surface area contributed by atoms with Gasteiger partial charge < -0.3 is 4.74 Å². The third-order valence-electron chi connectivity index (χ3n) is 2.23. The molecule has 2 rings (SSSR count). The highest BCUT2D eigenvalue weighted by Crippen LogP contribution is 2.29. The van der Waals surface area contributed by atoms with Gasteiger partial charge >= 0.3 is 6.09 Å². The number of carbonyl (C=O) groups is 1. The van der Waals surface area contributed by atoms with Gasteiger partial charge in [-0.25, -0.2) is 9.78 Å². The van der Waals surface area contributed by atoms with Gasteiger partial charge in [0.25, 0.3) is 0 Å². The minimum atomic E-state index is -0.411. The number of anilines is 1. The van der Waals surface area contributed by atoms with E-state index in [4.69, 9.17) is 4.74 Å². The van der Waals surface area contributed by atoms with E-state index in [1.54, 1.807) is 23.1 Å². The second-order valence-corrected chi connectivity index (χ2v) is 5.71. The van der Waals surface area contributed by atoms with Gasteiger partial charge in [-0.1, -0.05) is 18.7 Å². The molecule has 0 fully saturated rings. The lowest BCUT2D eigenvalue weighted by atomic mass is 10.3. The largest absolute Gasteiger partial charge is 0.449 e. The molecule has 1 aromatic carbocycles. The molecule has 1 N–H and O–H groups in total. The molecule has 0 atom stereocenters. The van der Waals surface area contributed by atoms with Crippen molar-refractivity contribution in [1.29, 1.82) is 0 Å². The predicted molar refractivity (Wildman–Crippen MR) is 76.7 cm³/mol. The number of rotatable bonds is 4. The van der Waals surface area contributed by atoms with E-state index in [0.29, 0.717) is 6.61 Å². The Morgan fingerprint density at radius 1 is 1.56 bits per heavy atom. The number of benzene rings is 1. The summed E-state index contributed by atoms with van der Waals surface area (Å²) >= 11 is 3.24. The van der Waals surface area contributed by atoms with Crippen molar-refractivity contribution in [2.75, 3.05) is 18.2 Å². The van der Waals surface area contributed by atoms with Crippen LogP contribution in [0.5, 0.6) is 0 Å². The van der Waals surface area contributed by atoms with Crippen molar-refractivity contribution >= 4 is 45.1 Å². The van der Waals surface area contributed by atoms with Gasteiger partial charge in [-0.3, -0.25) is 5.32 Å². The zero-order chi connectivity index (χ0) is 13.0. The lowest BCUT2D eigenvalue weighted by Gasteiger charge is -2.05. The minimum absolute atomic E-state index is 0.411. The average Bonchev–Trinajstić information content (AvgIpc) is 2.78. The van der Waals surface area contributed by atoms with Crippen LogP contribution in [0, 0.1) is 0 Å². The first-order chi connectivity index (χ1) is 8.72. The van der Waals surface area contributed by atoms with Crippen LogP contribution in [-0.2, 0) is 4.74 Å². The summed E-state index contributed by atoms with van der Waals surface area (Å²) in [4.78, 5) is 15.9. The maximum absolute atomic E-state index is 11.4. The SMILES string of the molecule is CCCOC(=O)Nc1ccc2nc(SC)sc2c1. The van der Waals surface area contributed by atoms with E-state index in [-0.39, 0.29) is 0 Å². The summed E-state index contributed by atoms with van der Waals surface area (Å²) in [5.41, 5.74) is 1.69. The van der Waals surface area contributed by atoms with Crippen LogP contribution in [0.4, 0.5) is 10.5 Å². The Morgan fingerprint density at radius 2 is 2.39 bits per heavy atom. The van der Waals surface area contributed by atoms with Crippen LogP contribution in [0.3, 0.4) is 0 Å². The van der Waals surface area contributed by atoms with Crippen molar-refractivity contribution in [3.8, 4) is 0 Å². The van der Waals surface area contributed by atoms with Gasteiger partial charge in [-0.15, -0.1) is 11.3 Å². The number of thioether (sulfide) groups is 1. The molecule has 0 saturated heterocycles. The smallest absolute Gasteiger partial charge is 0.411 e. The second kappa shape index (κ2) is 6.06. The molecular weight excluding hydrogens is 268 g/mol. The molecule has 1 amide bonds. The van der Waals surface area contributed by atoms with E-state index in [1.807, 2.05) is 31.4 Å². The van der Waals surface area contributed by atoms with Gasteiger partial charge in [0, 0.05) is 5.69 Å². The molecule has 0 aliphatic carbocycles. The standard InChI is InChI=1S/C12H14N2O2S2/c1-3-6-16-11(15)13-8-4-5-9-10(7-8)18-12(14-9)17-2/h4-5,7H,3,6H2,1-2H3,(H,13,15). The number of hydrogen-bond acceptors (Lipinski definition) is 5. The number of aromatic nitrogens is 1. The zero-order valence-corrected chi connectivity index (χ0v) is 11.9. The Bertz CT molecular complexity index is 554. The molecule has 6 heteroatoms. The predicted octanol–water partition coefficient (Wildman–Crippen LogP) is 3.98. The number of fused-ring (bicyclic) bond motifs is 1. The molecule has 4 nitrogen and oxygen atoms in total. The average molecular weight is 282 g/mol. The van der Waals surface area contributed by atoms with Crippen LogP contribution in [-0.4, -0.2) is 23.9 Å². The summed E-state index contributed by atoms with van der Waals surface area (Å²) < 4.78 is 7.05. The lowest BCUT2D eigenvalue weighted by molar-refractivity contribution is 0.161. The van der Waals surface area contributed by atoms with E-state index in [1.165, 1.54) is 0 Å². The maximum atomic E-state index is 11.4. The van der Waals surface area contributed by atoms with Crippen LogP contribution in [0.15, 0.2) is 22.5 Å². The molecule has 0 unspecified atom stereocenters. The van der Waals surface area contributed by atoms with Crippen molar-refractivity contribution < 1.29 is 9.53 Å². The Morgan fingerprint density at radius 3 is 3.11 bits per heavy atom. The molecule has 0 spiro atoms. The van der Waals surface area contributed by atoms with Gasteiger partial charge in [0.1, 0.15) is 0 Å². The van der Waals surface area contributed by atoms with E-state index >= 15 is 0 Å². The third kappa shape index (κ3) is 3.14. The molecular formula is C12H14N2O2S2. The fourth-order valence-corrected chi connectivity index (χ4v) is 2.95. The van der Waals surface area contributed by atoms with Crippen LogP contribution < -0.4 is 5.32 Å². The molecule has 0 radical (unpaired) electrons. The number of carbonyl (C=O) groups excluding carboxylic acids is 1. The zero-order valence-electron chi connectivity index (χ0n) is 10.2. The number of amides is 1. The molecule has 0 bridgehead atoms. The molecule has 1 heterocycles. The molecule has 0 aliphatic heterocycles. The molecule has 1 aromatic heterocycles. The number of ether oxygens (including phenoxy) is 1. The number of thiazole rings is 1. The molecule has 0 saturated carbocycles. The summed E-state index contributed by atoms with van der Waals surface area (Å²) in [5.74, 6) is 0. The summed E-state index contributed by atoms with van der Waals surface area (Å²) in [6.45, 7) is 2.39. The Balaban J connectivity index is 2.11. The summed E-state index contributed by atoms with van der Waals surface area (Å²) in [6, 6.07) is 5.65. The fraction of sp³-hybridized carbons (Fsp3) is 0.333. The number of hydrogen-bond donors (Lipinski definition) is 1. The summed E-state index contributed by atoms with van der Waals surface area (Å²) in [7, 11) is 0. The van der Waals surface area contributed by atoms with E-state index in [0.717, 1.165) is 26.7 Å². The molecule has 2 aromatic rings. The van der Waals surface area contributed by atoms with Crippen LogP contribution >= 0.6 is 23.1 Å². The molecule has 0 aliphatic rings. The fourth-order valence-electron chi connectivity index (χ4n) is 1.42. The Labute approximate surface area is 114 Å². The van der Waals surface area contributed by atoms with Gasteiger partial charge in [0.15, 0.2) is 4.34 Å². The van der Waals surface area contributed by atoms with Crippen molar-refractivity contribution in [2.45, 2.75) is 17.7 Å². The first kappa shape index (κ1) is 13.2. The molecule has 18 heavy (non-hydrogen) atoms. The van der Waals surface area contributed by atoms with Gasteiger partial charge in [0.2, 0.25) is 0 Å². The number of nitrogens with one attached hydrogen (secondary N) is 1. The Kier molecular flexibility index (Phi) is 4.43. The highest BCUT2D eigenvalue weighted by molar-refractivity contribution is 8.00. The summed E-state index contributed by atoms with van der Waals surface area (Å²) in [5, 5.41) is 2.71. The van der Waals surface area contributed by atoms with Gasteiger partial charge in [-0.2, -0.15) is 0 Å². The first-order valence-electron chi connectivity index (χ1n) is 5.61. The topological polar surface area (TPSA) is 51.2 Å². The lowest BCUT2D eigenvalue weighted by Crippen LogP contribution is -2.13. The summed E-state index contributed by atoms with van der Waals surface area (Å²) in [6.07, 6.45) is 2.41. The quantitative estimate of drug-likeness (QED) is 0.862. The maximum Gasteiger partial charge on any atom is 0.411 e.